The highest BCUT2D eigenvalue weighted by Gasteiger charge is 2.35. The Kier molecular flexibility index (Phi) is 4.90. The van der Waals surface area contributed by atoms with Crippen LogP contribution >= 0.6 is 11.6 Å². The van der Waals surface area contributed by atoms with Gasteiger partial charge in [-0.15, -0.1) is 0 Å². The van der Waals surface area contributed by atoms with Crippen molar-refractivity contribution in [2.75, 3.05) is 0 Å². The average molecular weight is 335 g/mol. The maximum Gasteiger partial charge on any atom is 0.242 e. The quantitative estimate of drug-likeness (QED) is 0.839. The molecule has 3 rings (SSSR count). The average Bonchev–Trinajstić information content (AvgIpc) is 3.28. The lowest BCUT2D eigenvalue weighted by atomic mass is 9.84. The number of hydrogen-bond acceptors (Lipinski definition) is 2. The van der Waals surface area contributed by atoms with Crippen LogP contribution in [0.1, 0.15) is 50.6 Å². The molecule has 0 unspecified atom stereocenters. The van der Waals surface area contributed by atoms with Crippen LogP contribution in [0.4, 0.5) is 0 Å². The number of nitrogens with one attached hydrogen (secondary N) is 2. The Hall–Kier alpha value is -1.55. The Bertz CT molecular complexity index is 579. The maximum atomic E-state index is 12.4. The molecule has 124 valence electrons. The van der Waals surface area contributed by atoms with Crippen LogP contribution in [0.25, 0.3) is 0 Å². The number of carbonyl (C=O) groups is 2. The summed E-state index contributed by atoms with van der Waals surface area (Å²) in [5.74, 6) is 0.466. The van der Waals surface area contributed by atoms with Gasteiger partial charge < -0.3 is 10.6 Å². The first-order chi connectivity index (χ1) is 11.0. The normalized spacial score (nSPS) is 20.3. The zero-order valence-electron chi connectivity index (χ0n) is 13.3. The van der Waals surface area contributed by atoms with Gasteiger partial charge in [-0.2, -0.15) is 0 Å². The molecular weight excluding hydrogens is 312 g/mol. The van der Waals surface area contributed by atoms with Crippen molar-refractivity contribution in [1.29, 1.82) is 0 Å². The molecule has 0 bridgehead atoms. The zero-order valence-corrected chi connectivity index (χ0v) is 14.1. The summed E-state index contributed by atoms with van der Waals surface area (Å²) in [5.41, 5.74) is 1.07. The molecule has 0 radical (unpaired) electrons. The molecule has 1 aromatic carbocycles. The molecule has 1 aromatic rings. The van der Waals surface area contributed by atoms with E-state index < -0.39 is 6.04 Å². The van der Waals surface area contributed by atoms with E-state index in [0.717, 1.165) is 37.7 Å². The molecule has 0 heterocycles. The Balaban J connectivity index is 1.59. The Morgan fingerprint density at radius 2 is 1.74 bits per heavy atom. The molecule has 4 nitrogen and oxygen atoms in total. The molecule has 2 fully saturated rings. The number of benzene rings is 1. The van der Waals surface area contributed by atoms with E-state index in [4.69, 9.17) is 11.6 Å². The molecule has 0 spiro atoms. The van der Waals surface area contributed by atoms with Crippen LogP contribution < -0.4 is 10.6 Å². The van der Waals surface area contributed by atoms with Crippen molar-refractivity contribution in [2.24, 2.45) is 11.8 Å². The number of amides is 2. The summed E-state index contributed by atoms with van der Waals surface area (Å²) in [6.45, 7) is 1.75. The lowest BCUT2D eigenvalue weighted by molar-refractivity contribution is -0.132. The van der Waals surface area contributed by atoms with Gasteiger partial charge in [-0.25, -0.2) is 0 Å². The van der Waals surface area contributed by atoms with E-state index in [1.165, 1.54) is 0 Å². The first-order valence-corrected chi connectivity index (χ1v) is 8.78. The van der Waals surface area contributed by atoms with Crippen molar-refractivity contribution in [1.82, 2.24) is 10.6 Å². The van der Waals surface area contributed by atoms with Crippen LogP contribution in [0.2, 0.25) is 5.02 Å². The lowest BCUT2D eigenvalue weighted by Gasteiger charge is -2.27. The molecule has 2 aliphatic rings. The van der Waals surface area contributed by atoms with Gasteiger partial charge >= 0.3 is 0 Å². The van der Waals surface area contributed by atoms with Crippen molar-refractivity contribution in [3.8, 4) is 0 Å². The predicted molar refractivity (Wildman–Crippen MR) is 90.0 cm³/mol. The van der Waals surface area contributed by atoms with E-state index in [0.29, 0.717) is 10.9 Å². The van der Waals surface area contributed by atoms with Crippen molar-refractivity contribution in [3.05, 3.63) is 34.9 Å². The molecule has 0 saturated heterocycles. The number of halogens is 1. The minimum Gasteiger partial charge on any atom is -0.347 e. The van der Waals surface area contributed by atoms with Gasteiger partial charge in [-0.1, -0.05) is 30.2 Å². The highest BCUT2D eigenvalue weighted by molar-refractivity contribution is 6.30. The second-order valence-electron chi connectivity index (χ2n) is 6.73. The molecule has 2 amide bonds. The van der Waals surface area contributed by atoms with Gasteiger partial charge in [0.05, 0.1) is 6.04 Å². The smallest absolute Gasteiger partial charge is 0.242 e. The summed E-state index contributed by atoms with van der Waals surface area (Å²) in [6.07, 6.45) is 5.23. The van der Waals surface area contributed by atoms with E-state index in [1.54, 1.807) is 6.92 Å². The van der Waals surface area contributed by atoms with E-state index in [1.807, 2.05) is 24.3 Å². The summed E-state index contributed by atoms with van der Waals surface area (Å²) >= 11 is 5.94. The second-order valence-corrected chi connectivity index (χ2v) is 7.17. The van der Waals surface area contributed by atoms with Crippen LogP contribution in [-0.2, 0) is 9.59 Å². The van der Waals surface area contributed by atoms with Crippen molar-refractivity contribution in [2.45, 2.75) is 51.1 Å². The number of rotatable bonds is 6. The van der Waals surface area contributed by atoms with E-state index in [2.05, 4.69) is 10.6 Å². The second kappa shape index (κ2) is 6.91. The standard InChI is InChI=1S/C18H23ClN2O2/c1-11(20-18(23)14-3-2-4-14)17(22)21-16(12-5-6-12)13-7-9-15(19)10-8-13/h7-12,14,16H,2-6H2,1H3,(H,20,23)(H,21,22)/t11-,16-/m1/s1. The number of hydrogen-bond donors (Lipinski definition) is 2. The van der Waals surface area contributed by atoms with Crippen LogP contribution in [0.15, 0.2) is 24.3 Å². The van der Waals surface area contributed by atoms with Gasteiger partial charge in [0, 0.05) is 10.9 Å². The van der Waals surface area contributed by atoms with Crippen LogP contribution in [0.3, 0.4) is 0 Å². The van der Waals surface area contributed by atoms with Gasteiger partial charge in [-0.05, 0) is 56.2 Å². The van der Waals surface area contributed by atoms with Crippen molar-refractivity contribution in [3.63, 3.8) is 0 Å². The summed E-state index contributed by atoms with van der Waals surface area (Å²) in [7, 11) is 0. The minimum absolute atomic E-state index is 0.00261. The topological polar surface area (TPSA) is 58.2 Å². The minimum atomic E-state index is -0.503. The van der Waals surface area contributed by atoms with Gasteiger partial charge in [-0.3, -0.25) is 9.59 Å². The fourth-order valence-corrected chi connectivity index (χ4v) is 3.04. The molecular formula is C18H23ClN2O2. The van der Waals surface area contributed by atoms with Crippen molar-refractivity contribution >= 4 is 23.4 Å². The first-order valence-electron chi connectivity index (χ1n) is 8.41. The molecule has 0 aromatic heterocycles. The highest BCUT2D eigenvalue weighted by atomic mass is 35.5. The summed E-state index contributed by atoms with van der Waals surface area (Å²) in [4.78, 5) is 24.4. The molecule has 2 N–H and O–H groups in total. The molecule has 5 heteroatoms. The predicted octanol–water partition coefficient (Wildman–Crippen LogP) is 3.21. The first kappa shape index (κ1) is 16.3. The van der Waals surface area contributed by atoms with Gasteiger partial charge in [0.1, 0.15) is 6.04 Å². The summed E-state index contributed by atoms with van der Waals surface area (Å²) in [6, 6.07) is 7.12. The summed E-state index contributed by atoms with van der Waals surface area (Å²) < 4.78 is 0. The van der Waals surface area contributed by atoms with Crippen LogP contribution in [0, 0.1) is 11.8 Å². The van der Waals surface area contributed by atoms with Crippen LogP contribution in [0.5, 0.6) is 0 Å². The maximum absolute atomic E-state index is 12.4. The molecule has 2 atom stereocenters. The van der Waals surface area contributed by atoms with E-state index in [9.17, 15) is 9.59 Å². The molecule has 2 saturated carbocycles. The highest BCUT2D eigenvalue weighted by Crippen LogP contribution is 2.41. The fraction of sp³-hybridized carbons (Fsp3) is 0.556. The zero-order chi connectivity index (χ0) is 16.4. The molecule has 0 aliphatic heterocycles. The monoisotopic (exact) mass is 334 g/mol. The van der Waals surface area contributed by atoms with Crippen molar-refractivity contribution < 1.29 is 9.59 Å². The SMILES string of the molecule is C[C@@H](NC(=O)C1CCC1)C(=O)N[C@@H](c1ccc(Cl)cc1)C1CC1. The third-order valence-electron chi connectivity index (χ3n) is 4.85. The largest absolute Gasteiger partial charge is 0.347 e. The third kappa shape index (κ3) is 4.05. The Labute approximate surface area is 142 Å². The van der Waals surface area contributed by atoms with Gasteiger partial charge in [0.2, 0.25) is 11.8 Å². The molecule has 2 aliphatic carbocycles. The molecule has 23 heavy (non-hydrogen) atoms. The van der Waals surface area contributed by atoms with Gasteiger partial charge in [0.15, 0.2) is 0 Å². The van der Waals surface area contributed by atoms with E-state index >= 15 is 0 Å². The third-order valence-corrected chi connectivity index (χ3v) is 5.10. The lowest BCUT2D eigenvalue weighted by Crippen LogP contribution is -2.48. The van der Waals surface area contributed by atoms with Crippen LogP contribution in [-0.4, -0.2) is 17.9 Å². The Morgan fingerprint density at radius 1 is 1.09 bits per heavy atom. The Morgan fingerprint density at radius 3 is 2.26 bits per heavy atom. The van der Waals surface area contributed by atoms with Gasteiger partial charge in [0.25, 0.3) is 0 Å². The summed E-state index contributed by atoms with van der Waals surface area (Å²) in [5, 5.41) is 6.62. The fourth-order valence-electron chi connectivity index (χ4n) is 2.92. The number of carbonyl (C=O) groups excluding carboxylic acids is 2. The van der Waals surface area contributed by atoms with E-state index in [-0.39, 0.29) is 23.8 Å².